The van der Waals surface area contributed by atoms with Crippen molar-refractivity contribution in [3.8, 4) is 0 Å². The normalized spacial score (nSPS) is 18.7. The van der Waals surface area contributed by atoms with E-state index in [1.165, 1.54) is 17.7 Å². The number of hydrogen-bond acceptors (Lipinski definition) is 3. The van der Waals surface area contributed by atoms with Crippen molar-refractivity contribution in [1.82, 2.24) is 5.32 Å². The molecule has 1 saturated carbocycles. The predicted octanol–water partition coefficient (Wildman–Crippen LogP) is 3.21. The molecule has 1 aromatic rings. The predicted molar refractivity (Wildman–Crippen MR) is 68.9 cm³/mol. The number of rotatable bonds is 6. The lowest BCUT2D eigenvalue weighted by Crippen LogP contribution is -2.38. The fourth-order valence-corrected chi connectivity index (χ4v) is 2.72. The molecule has 0 aromatic carbocycles. The van der Waals surface area contributed by atoms with Gasteiger partial charge in [0.05, 0.1) is 5.60 Å². The van der Waals surface area contributed by atoms with Crippen LogP contribution in [-0.4, -0.2) is 19.3 Å². The molecule has 0 bridgehead atoms. The van der Waals surface area contributed by atoms with Crippen LogP contribution in [0.1, 0.15) is 37.6 Å². The molecule has 0 saturated heterocycles. The van der Waals surface area contributed by atoms with Crippen LogP contribution in [0.15, 0.2) is 17.5 Å². The van der Waals surface area contributed by atoms with Crippen molar-refractivity contribution in [2.45, 2.75) is 38.3 Å². The van der Waals surface area contributed by atoms with Gasteiger partial charge < -0.3 is 10.1 Å². The summed E-state index contributed by atoms with van der Waals surface area (Å²) < 4.78 is 5.45. The van der Waals surface area contributed by atoms with Gasteiger partial charge in [-0.05, 0) is 44.1 Å². The topological polar surface area (TPSA) is 21.3 Å². The Morgan fingerprint density at radius 1 is 1.56 bits per heavy atom. The maximum absolute atomic E-state index is 5.45. The van der Waals surface area contributed by atoms with Crippen LogP contribution in [0.3, 0.4) is 0 Å². The Morgan fingerprint density at radius 2 is 2.31 bits per heavy atom. The van der Waals surface area contributed by atoms with E-state index in [4.69, 9.17) is 4.74 Å². The van der Waals surface area contributed by atoms with Crippen LogP contribution in [0, 0.1) is 5.92 Å². The van der Waals surface area contributed by atoms with Gasteiger partial charge in [0, 0.05) is 24.6 Å². The van der Waals surface area contributed by atoms with E-state index in [-0.39, 0.29) is 5.60 Å². The largest absolute Gasteiger partial charge is 0.377 e. The lowest BCUT2D eigenvalue weighted by Gasteiger charge is -2.27. The first-order valence-electron chi connectivity index (χ1n) is 5.94. The molecule has 0 spiro atoms. The van der Waals surface area contributed by atoms with Crippen LogP contribution < -0.4 is 5.32 Å². The average Bonchev–Trinajstić information content (AvgIpc) is 2.94. The molecule has 2 rings (SSSR count). The Kier molecular flexibility index (Phi) is 3.67. The maximum Gasteiger partial charge on any atom is 0.0746 e. The molecular formula is C13H21NOS. The van der Waals surface area contributed by atoms with Gasteiger partial charge in [0.2, 0.25) is 0 Å². The van der Waals surface area contributed by atoms with Crippen molar-refractivity contribution in [2.75, 3.05) is 13.7 Å². The summed E-state index contributed by atoms with van der Waals surface area (Å²) >= 11 is 1.85. The van der Waals surface area contributed by atoms with Gasteiger partial charge in [-0.2, -0.15) is 0 Å². The molecule has 1 heterocycles. The summed E-state index contributed by atoms with van der Waals surface area (Å²) in [5, 5.41) is 5.82. The zero-order valence-corrected chi connectivity index (χ0v) is 11.1. The maximum atomic E-state index is 5.45. The first-order valence-corrected chi connectivity index (χ1v) is 6.82. The lowest BCUT2D eigenvalue weighted by atomic mass is 10.1. The zero-order valence-electron chi connectivity index (χ0n) is 10.3. The van der Waals surface area contributed by atoms with E-state index in [9.17, 15) is 0 Å². The second kappa shape index (κ2) is 4.86. The van der Waals surface area contributed by atoms with E-state index in [1.807, 2.05) is 11.3 Å². The molecule has 0 aliphatic heterocycles. The molecule has 1 N–H and O–H groups in total. The quantitative estimate of drug-likeness (QED) is 0.823. The fraction of sp³-hybridized carbons (Fsp3) is 0.692. The Balaban J connectivity index is 1.94. The second-order valence-electron chi connectivity index (χ2n) is 5.18. The molecule has 90 valence electrons. The lowest BCUT2D eigenvalue weighted by molar-refractivity contribution is 0.0205. The van der Waals surface area contributed by atoms with Gasteiger partial charge in [0.1, 0.15) is 0 Å². The van der Waals surface area contributed by atoms with Gasteiger partial charge in [0.15, 0.2) is 0 Å². The van der Waals surface area contributed by atoms with Crippen LogP contribution in [-0.2, 0) is 4.74 Å². The molecule has 2 nitrogen and oxygen atoms in total. The second-order valence-corrected chi connectivity index (χ2v) is 6.15. The summed E-state index contributed by atoms with van der Waals surface area (Å²) in [6, 6.07) is 4.91. The molecule has 1 unspecified atom stereocenters. The van der Waals surface area contributed by atoms with E-state index in [0.717, 1.165) is 12.5 Å². The SMILES string of the molecule is COC(C)(C)CNC(c1cccs1)C1CC1. The van der Waals surface area contributed by atoms with Crippen LogP contribution >= 0.6 is 11.3 Å². The minimum atomic E-state index is -0.0790. The summed E-state index contributed by atoms with van der Waals surface area (Å²) in [6.45, 7) is 5.15. The third kappa shape index (κ3) is 3.06. The van der Waals surface area contributed by atoms with E-state index in [1.54, 1.807) is 7.11 Å². The van der Waals surface area contributed by atoms with Crippen molar-refractivity contribution >= 4 is 11.3 Å². The van der Waals surface area contributed by atoms with Gasteiger partial charge in [-0.15, -0.1) is 11.3 Å². The Labute approximate surface area is 102 Å². The van der Waals surface area contributed by atoms with E-state index >= 15 is 0 Å². The fourth-order valence-electron chi connectivity index (χ4n) is 1.83. The van der Waals surface area contributed by atoms with E-state index < -0.39 is 0 Å². The van der Waals surface area contributed by atoms with Crippen LogP contribution in [0.25, 0.3) is 0 Å². The highest BCUT2D eigenvalue weighted by molar-refractivity contribution is 7.10. The summed E-state index contributed by atoms with van der Waals surface area (Å²) in [5.41, 5.74) is -0.0790. The molecule has 16 heavy (non-hydrogen) atoms. The number of thiophene rings is 1. The molecule has 1 fully saturated rings. The molecule has 1 aliphatic rings. The molecule has 3 heteroatoms. The summed E-state index contributed by atoms with van der Waals surface area (Å²) in [5.74, 6) is 0.839. The van der Waals surface area contributed by atoms with Crippen LogP contribution in [0.4, 0.5) is 0 Å². The number of nitrogens with one attached hydrogen (secondary N) is 1. The zero-order chi connectivity index (χ0) is 11.6. The monoisotopic (exact) mass is 239 g/mol. The van der Waals surface area contributed by atoms with Gasteiger partial charge in [-0.25, -0.2) is 0 Å². The Morgan fingerprint density at radius 3 is 2.81 bits per heavy atom. The van der Waals surface area contributed by atoms with E-state index in [2.05, 4.69) is 36.7 Å². The smallest absolute Gasteiger partial charge is 0.0746 e. The average molecular weight is 239 g/mol. The third-order valence-corrected chi connectivity index (χ3v) is 4.20. The Bertz CT molecular complexity index is 317. The molecule has 1 atom stereocenters. The number of ether oxygens (including phenoxy) is 1. The summed E-state index contributed by atoms with van der Waals surface area (Å²) in [4.78, 5) is 1.47. The molecular weight excluding hydrogens is 218 g/mol. The van der Waals surface area contributed by atoms with Crippen molar-refractivity contribution in [3.05, 3.63) is 22.4 Å². The van der Waals surface area contributed by atoms with Gasteiger partial charge >= 0.3 is 0 Å². The van der Waals surface area contributed by atoms with Gasteiger partial charge in [-0.1, -0.05) is 6.07 Å². The van der Waals surface area contributed by atoms with Gasteiger partial charge in [0.25, 0.3) is 0 Å². The highest BCUT2D eigenvalue weighted by Gasteiger charge is 2.33. The summed E-state index contributed by atoms with van der Waals surface area (Å²) in [6.07, 6.45) is 2.73. The first kappa shape index (κ1) is 12.1. The summed E-state index contributed by atoms with van der Waals surface area (Å²) in [7, 11) is 1.78. The molecule has 1 aromatic heterocycles. The van der Waals surface area contributed by atoms with Crippen molar-refractivity contribution < 1.29 is 4.74 Å². The van der Waals surface area contributed by atoms with E-state index in [0.29, 0.717) is 6.04 Å². The first-order chi connectivity index (χ1) is 7.62. The standard InChI is InChI=1S/C13H21NOS/c1-13(2,15-3)9-14-12(10-6-7-10)11-5-4-8-16-11/h4-5,8,10,12,14H,6-7,9H2,1-3H3. The highest BCUT2D eigenvalue weighted by atomic mass is 32.1. The molecule has 0 amide bonds. The number of methoxy groups -OCH3 is 1. The van der Waals surface area contributed by atoms with Crippen LogP contribution in [0.2, 0.25) is 0 Å². The van der Waals surface area contributed by atoms with Crippen molar-refractivity contribution in [1.29, 1.82) is 0 Å². The molecule has 0 radical (unpaired) electrons. The minimum absolute atomic E-state index is 0.0790. The highest BCUT2D eigenvalue weighted by Crippen LogP contribution is 2.42. The third-order valence-electron chi connectivity index (χ3n) is 3.24. The Hall–Kier alpha value is -0.380. The molecule has 1 aliphatic carbocycles. The minimum Gasteiger partial charge on any atom is -0.377 e. The van der Waals surface area contributed by atoms with Crippen LogP contribution in [0.5, 0.6) is 0 Å². The number of hydrogen-bond donors (Lipinski definition) is 1. The van der Waals surface area contributed by atoms with Gasteiger partial charge in [-0.3, -0.25) is 0 Å². The van der Waals surface area contributed by atoms with Crippen molar-refractivity contribution in [3.63, 3.8) is 0 Å². The van der Waals surface area contributed by atoms with Crippen molar-refractivity contribution in [2.24, 2.45) is 5.92 Å².